The van der Waals surface area contributed by atoms with Gasteiger partial charge in [0, 0.05) is 5.39 Å². The van der Waals surface area contributed by atoms with Gasteiger partial charge in [-0.25, -0.2) is 0 Å². The lowest BCUT2D eigenvalue weighted by Crippen LogP contribution is -2.08. The lowest BCUT2D eigenvalue weighted by molar-refractivity contribution is -0.120. The van der Waals surface area contributed by atoms with Crippen molar-refractivity contribution >= 4 is 34.1 Å². The predicted octanol–water partition coefficient (Wildman–Crippen LogP) is 5.78. The first-order chi connectivity index (χ1) is 16.6. The van der Waals surface area contributed by atoms with Gasteiger partial charge in [-0.15, -0.1) is 10.2 Å². The van der Waals surface area contributed by atoms with Crippen molar-refractivity contribution in [2.24, 2.45) is 10.2 Å². The molecule has 4 rings (SSSR count). The van der Waals surface area contributed by atoms with Gasteiger partial charge in [0.25, 0.3) is 0 Å². The SMILES string of the molecule is COc1ccccc1OCCn1c(O)c(N=NC(=O)COc2ccccc2Cl)c2ccccc21. The molecule has 0 saturated carbocycles. The lowest BCUT2D eigenvalue weighted by atomic mass is 10.2. The molecule has 1 N–H and O–H groups in total. The number of aromatic nitrogens is 1. The molecule has 34 heavy (non-hydrogen) atoms. The summed E-state index contributed by atoms with van der Waals surface area (Å²) >= 11 is 6.02. The molecular weight excluding hydrogens is 458 g/mol. The van der Waals surface area contributed by atoms with Gasteiger partial charge in [-0.1, -0.05) is 54.1 Å². The zero-order valence-corrected chi connectivity index (χ0v) is 19.1. The molecule has 0 aliphatic carbocycles. The summed E-state index contributed by atoms with van der Waals surface area (Å²) in [6.07, 6.45) is 0. The number of aromatic hydroxyl groups is 1. The van der Waals surface area contributed by atoms with Crippen LogP contribution in [-0.2, 0) is 11.3 Å². The molecule has 9 heteroatoms. The molecule has 0 radical (unpaired) electrons. The van der Waals surface area contributed by atoms with Crippen LogP contribution < -0.4 is 14.2 Å². The van der Waals surface area contributed by atoms with Crippen LogP contribution >= 0.6 is 11.6 Å². The van der Waals surface area contributed by atoms with Crippen molar-refractivity contribution in [1.82, 2.24) is 4.57 Å². The molecule has 0 aliphatic heterocycles. The lowest BCUT2D eigenvalue weighted by Gasteiger charge is -2.11. The van der Waals surface area contributed by atoms with Gasteiger partial charge >= 0.3 is 5.91 Å². The number of benzene rings is 3. The number of rotatable bonds is 9. The molecule has 0 fully saturated rings. The minimum Gasteiger partial charge on any atom is -0.493 e. The second-order valence-corrected chi connectivity index (χ2v) is 7.56. The minimum atomic E-state index is -0.615. The third-order valence-electron chi connectivity index (χ3n) is 5.01. The molecule has 1 aromatic heterocycles. The Balaban J connectivity index is 1.48. The first kappa shape index (κ1) is 23.1. The molecular formula is C25H22ClN3O5. The van der Waals surface area contributed by atoms with E-state index >= 15 is 0 Å². The number of nitrogens with zero attached hydrogens (tertiary/aromatic N) is 3. The molecule has 0 bridgehead atoms. The zero-order valence-electron chi connectivity index (χ0n) is 18.3. The Morgan fingerprint density at radius 3 is 2.38 bits per heavy atom. The summed E-state index contributed by atoms with van der Waals surface area (Å²) in [7, 11) is 1.57. The number of hydrogen-bond acceptors (Lipinski definition) is 6. The smallest absolute Gasteiger partial charge is 0.302 e. The number of hydrogen-bond donors (Lipinski definition) is 1. The Bertz CT molecular complexity index is 1340. The van der Waals surface area contributed by atoms with Crippen molar-refractivity contribution < 1.29 is 24.1 Å². The molecule has 0 saturated heterocycles. The van der Waals surface area contributed by atoms with Crippen molar-refractivity contribution in [2.45, 2.75) is 6.54 Å². The number of ether oxygens (including phenoxy) is 3. The first-order valence-corrected chi connectivity index (χ1v) is 10.8. The fourth-order valence-electron chi connectivity index (χ4n) is 3.42. The highest BCUT2D eigenvalue weighted by atomic mass is 35.5. The molecule has 1 heterocycles. The fraction of sp³-hybridized carbons (Fsp3) is 0.160. The maximum atomic E-state index is 12.2. The molecule has 0 spiro atoms. The van der Waals surface area contributed by atoms with Crippen LogP contribution in [-0.4, -0.2) is 35.9 Å². The van der Waals surface area contributed by atoms with Gasteiger partial charge in [-0.05, 0) is 30.3 Å². The summed E-state index contributed by atoms with van der Waals surface area (Å²) in [4.78, 5) is 12.2. The van der Waals surface area contributed by atoms with E-state index in [0.29, 0.717) is 34.2 Å². The number of azo groups is 1. The first-order valence-electron chi connectivity index (χ1n) is 10.5. The number of carbonyl (C=O) groups excluding carboxylic acids is 1. The Kier molecular flexibility index (Phi) is 7.29. The van der Waals surface area contributed by atoms with Crippen LogP contribution in [0.25, 0.3) is 10.9 Å². The van der Waals surface area contributed by atoms with E-state index in [9.17, 15) is 9.90 Å². The maximum Gasteiger partial charge on any atom is 0.302 e. The summed E-state index contributed by atoms with van der Waals surface area (Å²) < 4.78 is 18.2. The third-order valence-corrected chi connectivity index (χ3v) is 5.32. The molecule has 1 amide bonds. The zero-order chi connectivity index (χ0) is 23.9. The van der Waals surface area contributed by atoms with Crippen molar-refractivity contribution in [3.63, 3.8) is 0 Å². The van der Waals surface area contributed by atoms with Gasteiger partial charge in [0.2, 0.25) is 5.88 Å². The fourth-order valence-corrected chi connectivity index (χ4v) is 3.61. The second kappa shape index (κ2) is 10.7. The number of carbonyl (C=O) groups is 1. The van der Waals surface area contributed by atoms with Crippen LogP contribution in [0.2, 0.25) is 5.02 Å². The van der Waals surface area contributed by atoms with E-state index in [1.165, 1.54) is 0 Å². The van der Waals surface area contributed by atoms with Gasteiger partial charge in [0.1, 0.15) is 12.4 Å². The largest absolute Gasteiger partial charge is 0.493 e. The Labute approximate surface area is 201 Å². The average molecular weight is 480 g/mol. The molecule has 4 aromatic rings. The Morgan fingerprint density at radius 2 is 1.62 bits per heavy atom. The van der Waals surface area contributed by atoms with Crippen molar-refractivity contribution in [3.8, 4) is 23.1 Å². The van der Waals surface area contributed by atoms with Crippen molar-refractivity contribution in [2.75, 3.05) is 20.3 Å². The van der Waals surface area contributed by atoms with Gasteiger partial charge in [-0.3, -0.25) is 4.79 Å². The predicted molar refractivity (Wildman–Crippen MR) is 129 cm³/mol. The van der Waals surface area contributed by atoms with Gasteiger partial charge < -0.3 is 23.9 Å². The van der Waals surface area contributed by atoms with Crippen LogP contribution in [0.4, 0.5) is 5.69 Å². The quantitative estimate of drug-likeness (QED) is 0.307. The van der Waals surface area contributed by atoms with Crippen LogP contribution in [0.5, 0.6) is 23.1 Å². The number of amides is 1. The number of fused-ring (bicyclic) bond motifs is 1. The summed E-state index contributed by atoms with van der Waals surface area (Å²) in [6, 6.07) is 21.5. The highest BCUT2D eigenvalue weighted by molar-refractivity contribution is 6.32. The van der Waals surface area contributed by atoms with E-state index in [1.807, 2.05) is 42.5 Å². The summed E-state index contributed by atoms with van der Waals surface area (Å²) in [5.41, 5.74) is 0.927. The van der Waals surface area contributed by atoms with Crippen LogP contribution in [0, 0.1) is 0 Å². The maximum absolute atomic E-state index is 12.2. The number of halogens is 1. The van der Waals surface area contributed by atoms with E-state index in [1.54, 1.807) is 42.0 Å². The minimum absolute atomic E-state index is 0.117. The van der Waals surface area contributed by atoms with E-state index in [-0.39, 0.29) is 24.8 Å². The van der Waals surface area contributed by atoms with Gasteiger partial charge in [0.05, 0.1) is 24.2 Å². The molecule has 8 nitrogen and oxygen atoms in total. The standard InChI is InChI=1S/C25H22ClN3O5/c1-32-21-12-6-7-13-22(21)33-15-14-29-19-10-4-2-8-17(19)24(25(29)31)28-27-23(30)16-34-20-11-5-3-9-18(20)26/h2-13,31H,14-16H2,1H3. The second-order valence-electron chi connectivity index (χ2n) is 7.15. The van der Waals surface area contributed by atoms with E-state index in [0.717, 1.165) is 5.52 Å². The van der Waals surface area contributed by atoms with Gasteiger partial charge in [-0.2, -0.15) is 0 Å². The molecule has 0 unspecified atom stereocenters. The highest BCUT2D eigenvalue weighted by Crippen LogP contribution is 2.39. The summed E-state index contributed by atoms with van der Waals surface area (Å²) in [5, 5.41) is 19.6. The normalized spacial score (nSPS) is 11.1. The van der Waals surface area contributed by atoms with Crippen LogP contribution in [0.3, 0.4) is 0 Å². The average Bonchev–Trinajstić information content (AvgIpc) is 3.13. The Hall–Kier alpha value is -4.04. The molecule has 3 aromatic carbocycles. The molecule has 0 aliphatic rings. The summed E-state index contributed by atoms with van der Waals surface area (Å²) in [5.74, 6) is 0.868. The Morgan fingerprint density at radius 1 is 0.941 bits per heavy atom. The van der Waals surface area contributed by atoms with Crippen molar-refractivity contribution in [3.05, 3.63) is 77.8 Å². The van der Waals surface area contributed by atoms with Gasteiger partial charge in [0.15, 0.2) is 23.8 Å². The van der Waals surface area contributed by atoms with E-state index < -0.39 is 5.91 Å². The monoisotopic (exact) mass is 479 g/mol. The van der Waals surface area contributed by atoms with E-state index in [2.05, 4.69) is 10.2 Å². The highest BCUT2D eigenvalue weighted by Gasteiger charge is 2.17. The number of para-hydroxylation sites is 4. The van der Waals surface area contributed by atoms with Crippen LogP contribution in [0.15, 0.2) is 83.0 Å². The topological polar surface area (TPSA) is 94.6 Å². The third kappa shape index (κ3) is 5.13. The molecule has 0 atom stereocenters. The number of methoxy groups -OCH3 is 1. The van der Waals surface area contributed by atoms with E-state index in [4.69, 9.17) is 25.8 Å². The molecule has 174 valence electrons. The van der Waals surface area contributed by atoms with Crippen LogP contribution in [0.1, 0.15) is 0 Å². The van der Waals surface area contributed by atoms with Crippen molar-refractivity contribution in [1.29, 1.82) is 0 Å². The summed E-state index contributed by atoms with van der Waals surface area (Å²) in [6.45, 7) is 0.274.